The van der Waals surface area contributed by atoms with Crippen LogP contribution in [0.1, 0.15) is 6.92 Å². The number of ether oxygens (including phenoxy) is 1. The molecular formula is C25H26F2N6O3. The summed E-state index contributed by atoms with van der Waals surface area (Å²) in [7, 11) is 3.81. The molecule has 0 spiro atoms. The van der Waals surface area contributed by atoms with Crippen LogP contribution in [0.2, 0.25) is 0 Å². The molecule has 3 atom stereocenters. The molecule has 1 saturated heterocycles. The SMILES string of the molecule is C[C@@H]1CN2c3c4c(nc5c(F)c(-c6c(O)cccc6F)ncc35)O[C@H](CN(C)C)CN4C(=O)[C@H]2CN1. The van der Waals surface area contributed by atoms with Crippen LogP contribution in [0, 0.1) is 11.6 Å². The Hall–Kier alpha value is -3.57. The molecule has 2 N–H and O–H groups in total. The largest absolute Gasteiger partial charge is 0.507 e. The van der Waals surface area contributed by atoms with Crippen molar-refractivity contribution in [2.45, 2.75) is 25.1 Å². The van der Waals surface area contributed by atoms with Gasteiger partial charge in [0, 0.05) is 37.3 Å². The van der Waals surface area contributed by atoms with E-state index < -0.39 is 23.4 Å². The topological polar surface area (TPSA) is 94.1 Å². The molecule has 3 aromatic rings. The van der Waals surface area contributed by atoms with Gasteiger partial charge in [-0.1, -0.05) is 6.07 Å². The lowest BCUT2D eigenvalue weighted by Crippen LogP contribution is -2.66. The van der Waals surface area contributed by atoms with E-state index in [4.69, 9.17) is 4.74 Å². The van der Waals surface area contributed by atoms with Gasteiger partial charge in [-0.25, -0.2) is 13.8 Å². The number of nitrogens with one attached hydrogen (secondary N) is 1. The number of carbonyl (C=O) groups is 1. The van der Waals surface area contributed by atoms with Crippen LogP contribution in [0.25, 0.3) is 22.2 Å². The first-order chi connectivity index (χ1) is 17.2. The molecule has 2 aromatic heterocycles. The Morgan fingerprint density at radius 2 is 2.06 bits per heavy atom. The summed E-state index contributed by atoms with van der Waals surface area (Å²) in [6.45, 7) is 3.88. The number of pyridine rings is 2. The van der Waals surface area contributed by atoms with Crippen molar-refractivity contribution in [1.29, 1.82) is 0 Å². The van der Waals surface area contributed by atoms with E-state index in [-0.39, 0.29) is 40.7 Å². The van der Waals surface area contributed by atoms with E-state index in [1.165, 1.54) is 18.3 Å². The highest BCUT2D eigenvalue weighted by molar-refractivity contribution is 6.14. The number of amides is 1. The minimum atomic E-state index is -0.867. The van der Waals surface area contributed by atoms with Crippen molar-refractivity contribution in [3.63, 3.8) is 0 Å². The Kier molecular flexibility index (Phi) is 5.23. The van der Waals surface area contributed by atoms with Crippen molar-refractivity contribution in [3.8, 4) is 22.9 Å². The summed E-state index contributed by atoms with van der Waals surface area (Å²) in [6.07, 6.45) is 1.07. The monoisotopic (exact) mass is 496 g/mol. The molecule has 9 nitrogen and oxygen atoms in total. The molecule has 1 amide bonds. The first kappa shape index (κ1) is 22.9. The van der Waals surface area contributed by atoms with Crippen molar-refractivity contribution >= 4 is 28.2 Å². The molecule has 0 unspecified atom stereocenters. The van der Waals surface area contributed by atoms with E-state index in [2.05, 4.69) is 15.3 Å². The maximum Gasteiger partial charge on any atom is 0.251 e. The fourth-order valence-corrected chi connectivity index (χ4v) is 5.43. The van der Waals surface area contributed by atoms with Gasteiger partial charge in [0.1, 0.15) is 40.6 Å². The van der Waals surface area contributed by atoms with Gasteiger partial charge in [-0.05, 0) is 33.2 Å². The lowest BCUT2D eigenvalue weighted by Gasteiger charge is -2.49. The number of likely N-dealkylation sites (N-methyl/N-ethyl adjacent to an activating group) is 1. The molecule has 0 bridgehead atoms. The van der Waals surface area contributed by atoms with E-state index in [0.717, 1.165) is 6.07 Å². The fourth-order valence-electron chi connectivity index (χ4n) is 5.43. The summed E-state index contributed by atoms with van der Waals surface area (Å²) in [5, 5.41) is 14.0. The highest BCUT2D eigenvalue weighted by atomic mass is 19.1. The van der Waals surface area contributed by atoms with E-state index in [1.807, 2.05) is 30.8 Å². The predicted octanol–water partition coefficient (Wildman–Crippen LogP) is 2.12. The number of hydrogen-bond acceptors (Lipinski definition) is 8. The lowest BCUT2D eigenvalue weighted by atomic mass is 9.98. The minimum absolute atomic E-state index is 0.0545. The quantitative estimate of drug-likeness (QED) is 0.570. The van der Waals surface area contributed by atoms with Crippen LogP contribution in [0.5, 0.6) is 11.6 Å². The molecule has 6 rings (SSSR count). The Labute approximate surface area is 206 Å². The van der Waals surface area contributed by atoms with Crippen molar-refractivity contribution < 1.29 is 23.4 Å². The molecule has 0 radical (unpaired) electrons. The van der Waals surface area contributed by atoms with Crippen LogP contribution < -0.4 is 19.9 Å². The number of rotatable bonds is 3. The third-order valence-electron chi connectivity index (χ3n) is 6.97. The van der Waals surface area contributed by atoms with Gasteiger partial charge in [-0.2, -0.15) is 0 Å². The van der Waals surface area contributed by atoms with Gasteiger partial charge in [0.05, 0.1) is 17.8 Å². The number of fused-ring (bicyclic) bond motifs is 4. The number of nitrogens with zero attached hydrogens (tertiary/aromatic N) is 5. The number of piperazine rings is 1. The summed E-state index contributed by atoms with van der Waals surface area (Å²) in [5.41, 5.74) is 0.415. The zero-order valence-electron chi connectivity index (χ0n) is 20.1. The molecule has 0 saturated carbocycles. The van der Waals surface area contributed by atoms with Crippen molar-refractivity contribution in [3.05, 3.63) is 36.0 Å². The van der Waals surface area contributed by atoms with Gasteiger partial charge in [-0.3, -0.25) is 9.78 Å². The van der Waals surface area contributed by atoms with Gasteiger partial charge >= 0.3 is 0 Å². The van der Waals surface area contributed by atoms with Crippen molar-refractivity contribution in [2.75, 3.05) is 50.1 Å². The first-order valence-electron chi connectivity index (χ1n) is 11.9. The highest BCUT2D eigenvalue weighted by Gasteiger charge is 2.47. The second kappa shape index (κ2) is 8.24. The first-order valence-corrected chi connectivity index (χ1v) is 11.9. The van der Waals surface area contributed by atoms with Crippen molar-refractivity contribution in [2.24, 2.45) is 0 Å². The van der Waals surface area contributed by atoms with Crippen LogP contribution in [0.15, 0.2) is 24.4 Å². The molecule has 0 aliphatic carbocycles. The normalized spacial score (nSPS) is 23.1. The molecule has 1 fully saturated rings. The smallest absolute Gasteiger partial charge is 0.251 e. The Balaban J connectivity index is 1.62. The van der Waals surface area contributed by atoms with E-state index in [0.29, 0.717) is 42.9 Å². The second-order valence-corrected chi connectivity index (χ2v) is 9.86. The molecule has 11 heteroatoms. The highest BCUT2D eigenvalue weighted by Crippen LogP contribution is 2.50. The summed E-state index contributed by atoms with van der Waals surface area (Å²) >= 11 is 0. The second-order valence-electron chi connectivity index (χ2n) is 9.86. The van der Waals surface area contributed by atoms with Crippen LogP contribution in [-0.2, 0) is 4.79 Å². The predicted molar refractivity (Wildman–Crippen MR) is 130 cm³/mol. The van der Waals surface area contributed by atoms with Gasteiger partial charge in [0.25, 0.3) is 5.91 Å². The van der Waals surface area contributed by atoms with Gasteiger partial charge < -0.3 is 29.9 Å². The third kappa shape index (κ3) is 3.37. The van der Waals surface area contributed by atoms with Gasteiger partial charge in [-0.15, -0.1) is 0 Å². The van der Waals surface area contributed by atoms with Gasteiger partial charge in [0.15, 0.2) is 5.82 Å². The Bertz CT molecular complexity index is 1380. The summed E-state index contributed by atoms with van der Waals surface area (Å²) in [5.74, 6) is -1.99. The molecule has 1 aromatic carbocycles. The number of anilines is 2. The minimum Gasteiger partial charge on any atom is -0.507 e. The number of carbonyl (C=O) groups excluding carboxylic acids is 1. The zero-order valence-corrected chi connectivity index (χ0v) is 20.1. The van der Waals surface area contributed by atoms with Crippen LogP contribution in [-0.4, -0.2) is 84.3 Å². The number of halogens is 2. The Morgan fingerprint density at radius 1 is 1.25 bits per heavy atom. The van der Waals surface area contributed by atoms with Gasteiger partial charge in [0.2, 0.25) is 5.88 Å². The average Bonchev–Trinajstić information content (AvgIpc) is 2.82. The molecule has 3 aliphatic rings. The maximum atomic E-state index is 16.0. The maximum absolute atomic E-state index is 16.0. The molecule has 188 valence electrons. The zero-order chi connectivity index (χ0) is 25.3. The molecular weight excluding hydrogens is 470 g/mol. The third-order valence-corrected chi connectivity index (χ3v) is 6.97. The summed E-state index contributed by atoms with van der Waals surface area (Å²) in [4.78, 5) is 27.9. The average molecular weight is 497 g/mol. The van der Waals surface area contributed by atoms with E-state index >= 15 is 4.39 Å². The Morgan fingerprint density at radius 3 is 2.81 bits per heavy atom. The number of phenolic OH excluding ortho intramolecular Hbond substituents is 1. The summed E-state index contributed by atoms with van der Waals surface area (Å²) in [6, 6.07) is 3.37. The standard InChI is InChI=1S/C25H26F2N6O3/c1-12-9-32-16(8-28-12)25(35)33-11-13(10-31(2)3)36-24-23(33)22(32)14-7-29-21(19(27)20(14)30-24)18-15(26)5-4-6-17(18)34/h4-7,12-13,16,28,34H,8-11H2,1-3H3/t12-,13-,16-/m1/s1. The van der Waals surface area contributed by atoms with Crippen LogP contribution >= 0.6 is 0 Å². The number of phenols is 1. The fraction of sp³-hybridized carbons (Fsp3) is 0.400. The number of hydrogen-bond donors (Lipinski definition) is 2. The summed E-state index contributed by atoms with van der Waals surface area (Å²) < 4.78 is 36.8. The van der Waals surface area contributed by atoms with E-state index in [9.17, 15) is 14.3 Å². The van der Waals surface area contributed by atoms with Crippen LogP contribution in [0.4, 0.5) is 20.2 Å². The molecule has 5 heterocycles. The number of aromatic hydroxyl groups is 1. The lowest BCUT2D eigenvalue weighted by molar-refractivity contribution is -0.121. The number of benzene rings is 1. The molecule has 36 heavy (non-hydrogen) atoms. The number of aromatic nitrogens is 2. The van der Waals surface area contributed by atoms with E-state index in [1.54, 1.807) is 4.90 Å². The van der Waals surface area contributed by atoms with Crippen LogP contribution in [0.3, 0.4) is 0 Å². The van der Waals surface area contributed by atoms with Crippen molar-refractivity contribution in [1.82, 2.24) is 20.2 Å². The molecule has 3 aliphatic heterocycles.